The Morgan fingerprint density at radius 3 is 2.32 bits per heavy atom. The van der Waals surface area contributed by atoms with Gasteiger partial charge >= 0.3 is 0 Å². The van der Waals surface area contributed by atoms with Gasteiger partial charge in [0, 0.05) is 28.7 Å². The molecule has 1 aliphatic carbocycles. The number of nitrogens with one attached hydrogen (secondary N) is 1. The largest absolute Gasteiger partial charge is 0.352 e. The molecular formula is C26H17FN2O2. The molecule has 0 saturated heterocycles. The third kappa shape index (κ3) is 2.34. The van der Waals surface area contributed by atoms with E-state index in [1.165, 1.54) is 12.1 Å². The van der Waals surface area contributed by atoms with E-state index in [0.29, 0.717) is 16.8 Å². The first-order valence-corrected chi connectivity index (χ1v) is 10.1. The molecule has 1 heterocycles. The number of halogens is 1. The number of ketones is 1. The lowest BCUT2D eigenvalue weighted by Crippen LogP contribution is -2.60. The number of fused-ring (bicyclic) bond motifs is 2. The molecule has 1 unspecified atom stereocenters. The van der Waals surface area contributed by atoms with Crippen molar-refractivity contribution in [3.63, 3.8) is 0 Å². The van der Waals surface area contributed by atoms with Gasteiger partial charge in [0.15, 0.2) is 0 Å². The SMILES string of the molecule is O=C1c2ccccc2NC2(C(=O)c3cccc4cccc2c34)N1Cc1ccc(F)cc1. The molecule has 31 heavy (non-hydrogen) atoms. The first-order valence-electron chi connectivity index (χ1n) is 10.1. The molecule has 0 aromatic heterocycles. The molecule has 2 aliphatic rings. The van der Waals surface area contributed by atoms with E-state index < -0.39 is 5.66 Å². The van der Waals surface area contributed by atoms with Crippen LogP contribution in [-0.2, 0) is 12.2 Å². The van der Waals surface area contributed by atoms with E-state index in [4.69, 9.17) is 0 Å². The van der Waals surface area contributed by atoms with Crippen LogP contribution in [0.25, 0.3) is 10.8 Å². The minimum Gasteiger partial charge on any atom is -0.352 e. The van der Waals surface area contributed by atoms with Crippen LogP contribution in [-0.4, -0.2) is 16.6 Å². The molecular weight excluding hydrogens is 391 g/mol. The molecule has 1 N–H and O–H groups in total. The maximum absolute atomic E-state index is 13.9. The van der Waals surface area contributed by atoms with Crippen molar-refractivity contribution < 1.29 is 14.0 Å². The van der Waals surface area contributed by atoms with Crippen molar-refractivity contribution >= 4 is 28.2 Å². The van der Waals surface area contributed by atoms with Gasteiger partial charge in [-0.3, -0.25) is 9.59 Å². The van der Waals surface area contributed by atoms with Crippen LogP contribution in [0.3, 0.4) is 0 Å². The maximum atomic E-state index is 13.9. The van der Waals surface area contributed by atoms with Crippen LogP contribution in [0.4, 0.5) is 10.1 Å². The topological polar surface area (TPSA) is 49.4 Å². The van der Waals surface area contributed by atoms with Crippen LogP contribution >= 0.6 is 0 Å². The van der Waals surface area contributed by atoms with Gasteiger partial charge in [-0.2, -0.15) is 0 Å². The second-order valence-electron chi connectivity index (χ2n) is 7.94. The lowest BCUT2D eigenvalue weighted by Gasteiger charge is -2.45. The third-order valence-corrected chi connectivity index (χ3v) is 6.24. The van der Waals surface area contributed by atoms with E-state index >= 15 is 0 Å². The quantitative estimate of drug-likeness (QED) is 0.502. The molecule has 0 saturated carbocycles. The number of carbonyl (C=O) groups excluding carboxylic acids is 2. The summed E-state index contributed by atoms with van der Waals surface area (Å²) in [5.74, 6) is -0.748. The van der Waals surface area contributed by atoms with Gasteiger partial charge in [0.25, 0.3) is 5.91 Å². The minimum atomic E-state index is -1.36. The summed E-state index contributed by atoms with van der Waals surface area (Å²) in [6, 6.07) is 24.7. The Kier molecular flexibility index (Phi) is 3.60. The zero-order valence-corrected chi connectivity index (χ0v) is 16.4. The molecule has 150 valence electrons. The van der Waals surface area contributed by atoms with Gasteiger partial charge in [0.05, 0.1) is 5.56 Å². The standard InChI is InChI=1S/C26H17FN2O2/c27-18-13-11-16(12-14-18)15-29-25(31)19-7-1-2-10-22(19)28-26(29)21-9-4-6-17-5-3-8-20(23(17)21)24(26)30/h1-14,28H,15H2. The molecule has 1 aliphatic heterocycles. The first-order chi connectivity index (χ1) is 15.1. The summed E-state index contributed by atoms with van der Waals surface area (Å²) in [6.45, 7) is 0.163. The van der Waals surface area contributed by atoms with Crippen molar-refractivity contribution in [2.45, 2.75) is 12.2 Å². The Hall–Kier alpha value is -3.99. The third-order valence-electron chi connectivity index (χ3n) is 6.24. The normalized spacial score (nSPS) is 19.1. The lowest BCUT2D eigenvalue weighted by molar-refractivity contribution is 0.0423. The fourth-order valence-corrected chi connectivity index (χ4v) is 4.84. The zero-order chi connectivity index (χ0) is 21.2. The number of anilines is 1. The average molecular weight is 408 g/mol. The summed E-state index contributed by atoms with van der Waals surface area (Å²) >= 11 is 0. The van der Waals surface area contributed by atoms with E-state index in [9.17, 15) is 14.0 Å². The number of hydrogen-bond donors (Lipinski definition) is 1. The molecule has 4 nitrogen and oxygen atoms in total. The first kappa shape index (κ1) is 17.8. The summed E-state index contributed by atoms with van der Waals surface area (Å²) < 4.78 is 13.5. The Bertz CT molecular complexity index is 1390. The van der Waals surface area contributed by atoms with Crippen molar-refractivity contribution in [1.82, 2.24) is 4.90 Å². The van der Waals surface area contributed by atoms with Crippen molar-refractivity contribution in [2.75, 3.05) is 5.32 Å². The number of rotatable bonds is 2. The monoisotopic (exact) mass is 408 g/mol. The van der Waals surface area contributed by atoms with Crippen molar-refractivity contribution in [2.24, 2.45) is 0 Å². The second-order valence-corrected chi connectivity index (χ2v) is 7.94. The highest BCUT2D eigenvalue weighted by molar-refractivity contribution is 6.23. The molecule has 0 bridgehead atoms. The predicted molar refractivity (Wildman–Crippen MR) is 116 cm³/mol. The van der Waals surface area contributed by atoms with Crippen LogP contribution in [0.1, 0.15) is 31.8 Å². The van der Waals surface area contributed by atoms with Crippen LogP contribution in [0, 0.1) is 5.82 Å². The zero-order valence-electron chi connectivity index (χ0n) is 16.4. The van der Waals surface area contributed by atoms with Gasteiger partial charge < -0.3 is 10.2 Å². The Labute approximate surface area is 177 Å². The Morgan fingerprint density at radius 1 is 0.806 bits per heavy atom. The molecule has 1 spiro atoms. The summed E-state index contributed by atoms with van der Waals surface area (Å²) in [4.78, 5) is 29.3. The molecule has 0 radical (unpaired) electrons. The highest BCUT2D eigenvalue weighted by Gasteiger charge is 2.56. The van der Waals surface area contributed by atoms with E-state index in [1.54, 1.807) is 29.2 Å². The van der Waals surface area contributed by atoms with Crippen LogP contribution in [0.5, 0.6) is 0 Å². The van der Waals surface area contributed by atoms with Crippen molar-refractivity contribution in [3.8, 4) is 0 Å². The molecule has 1 amide bonds. The second kappa shape index (κ2) is 6.25. The summed E-state index contributed by atoms with van der Waals surface area (Å²) in [5.41, 5.74) is 1.87. The number of Topliss-reactive ketones (excluding diaryl/α,β-unsaturated/α-hetero) is 1. The van der Waals surface area contributed by atoms with Crippen LogP contribution in [0.15, 0.2) is 84.9 Å². The van der Waals surface area contributed by atoms with Gasteiger partial charge in [0.2, 0.25) is 11.4 Å². The molecule has 1 atom stereocenters. The molecule has 0 fully saturated rings. The molecule has 4 aromatic rings. The van der Waals surface area contributed by atoms with Gasteiger partial charge in [-0.1, -0.05) is 60.7 Å². The number of hydrogen-bond acceptors (Lipinski definition) is 3. The number of carbonyl (C=O) groups is 2. The van der Waals surface area contributed by atoms with Crippen molar-refractivity contribution in [1.29, 1.82) is 0 Å². The van der Waals surface area contributed by atoms with Crippen molar-refractivity contribution in [3.05, 3.63) is 113 Å². The average Bonchev–Trinajstić information content (AvgIpc) is 3.03. The Balaban J connectivity index is 1.61. The van der Waals surface area contributed by atoms with Gasteiger partial charge in [-0.25, -0.2) is 4.39 Å². The maximum Gasteiger partial charge on any atom is 0.258 e. The fourth-order valence-electron chi connectivity index (χ4n) is 4.84. The summed E-state index contributed by atoms with van der Waals surface area (Å²) in [7, 11) is 0. The van der Waals surface area contributed by atoms with Gasteiger partial charge in [-0.05, 0) is 35.2 Å². The smallest absolute Gasteiger partial charge is 0.258 e. The van der Waals surface area contributed by atoms with E-state index in [0.717, 1.165) is 21.9 Å². The molecule has 6 rings (SSSR count). The molecule has 5 heteroatoms. The van der Waals surface area contributed by atoms with E-state index in [2.05, 4.69) is 5.32 Å². The van der Waals surface area contributed by atoms with Crippen LogP contribution < -0.4 is 5.32 Å². The Morgan fingerprint density at radius 2 is 1.52 bits per heavy atom. The predicted octanol–water partition coefficient (Wildman–Crippen LogP) is 5.10. The number of para-hydroxylation sites is 1. The fraction of sp³-hybridized carbons (Fsp3) is 0.0769. The summed E-state index contributed by atoms with van der Waals surface area (Å²) in [5, 5.41) is 5.24. The van der Waals surface area contributed by atoms with Crippen LogP contribution in [0.2, 0.25) is 0 Å². The highest BCUT2D eigenvalue weighted by atomic mass is 19.1. The van der Waals surface area contributed by atoms with E-state index in [-0.39, 0.29) is 24.1 Å². The van der Waals surface area contributed by atoms with Gasteiger partial charge in [-0.15, -0.1) is 0 Å². The van der Waals surface area contributed by atoms with Gasteiger partial charge in [0.1, 0.15) is 5.82 Å². The number of amides is 1. The minimum absolute atomic E-state index is 0.163. The number of benzene rings is 4. The highest BCUT2D eigenvalue weighted by Crippen LogP contribution is 2.48. The summed E-state index contributed by atoms with van der Waals surface area (Å²) in [6.07, 6.45) is 0. The van der Waals surface area contributed by atoms with E-state index in [1.807, 2.05) is 48.5 Å². The molecule has 4 aromatic carbocycles. The number of nitrogens with zero attached hydrogens (tertiary/aromatic N) is 1. The lowest BCUT2D eigenvalue weighted by atomic mass is 9.91.